The van der Waals surface area contributed by atoms with Gasteiger partial charge in [-0.25, -0.2) is 0 Å². The van der Waals surface area contributed by atoms with Gasteiger partial charge in [-0.05, 0) is 31.9 Å². The zero-order valence-corrected chi connectivity index (χ0v) is 9.89. The Morgan fingerprint density at radius 1 is 1.67 bits per heavy atom. The van der Waals surface area contributed by atoms with Crippen molar-refractivity contribution in [2.45, 2.75) is 37.9 Å². The van der Waals surface area contributed by atoms with Crippen molar-refractivity contribution in [1.29, 1.82) is 0 Å². The van der Waals surface area contributed by atoms with Crippen LogP contribution >= 0.6 is 11.8 Å². The maximum absolute atomic E-state index is 11.7. The van der Waals surface area contributed by atoms with Gasteiger partial charge in [0.1, 0.15) is 6.10 Å². The second-order valence-electron chi connectivity index (χ2n) is 4.60. The number of aliphatic hydroxyl groups is 1. The van der Waals surface area contributed by atoms with Crippen LogP contribution in [0.1, 0.15) is 26.2 Å². The van der Waals surface area contributed by atoms with Crippen LogP contribution < -0.4 is 0 Å². The van der Waals surface area contributed by atoms with Gasteiger partial charge in [-0.15, -0.1) is 0 Å². The van der Waals surface area contributed by atoms with Gasteiger partial charge in [-0.1, -0.05) is 0 Å². The third-order valence-electron chi connectivity index (χ3n) is 3.37. The highest BCUT2D eigenvalue weighted by molar-refractivity contribution is 7.99. The summed E-state index contributed by atoms with van der Waals surface area (Å²) in [6.07, 6.45) is 1.82. The minimum absolute atomic E-state index is 0.00502. The van der Waals surface area contributed by atoms with E-state index in [-0.39, 0.29) is 17.3 Å². The van der Waals surface area contributed by atoms with Gasteiger partial charge in [0, 0.05) is 18.3 Å². The third-order valence-corrected chi connectivity index (χ3v) is 4.60. The molecule has 3 nitrogen and oxygen atoms in total. The lowest BCUT2D eigenvalue weighted by Crippen LogP contribution is -2.43. The highest BCUT2D eigenvalue weighted by Gasteiger charge is 2.42. The molecule has 0 aromatic rings. The molecule has 0 aromatic carbocycles. The molecule has 15 heavy (non-hydrogen) atoms. The van der Waals surface area contributed by atoms with E-state index in [1.807, 2.05) is 11.8 Å². The first kappa shape index (κ1) is 11.4. The summed E-state index contributed by atoms with van der Waals surface area (Å²) in [5.74, 6) is 2.15. The first-order chi connectivity index (χ1) is 7.13. The average molecular weight is 230 g/mol. The van der Waals surface area contributed by atoms with Gasteiger partial charge in [0.25, 0.3) is 0 Å². The van der Waals surface area contributed by atoms with E-state index in [1.54, 1.807) is 6.92 Å². The van der Waals surface area contributed by atoms with Crippen molar-refractivity contribution in [2.75, 3.05) is 18.1 Å². The van der Waals surface area contributed by atoms with Gasteiger partial charge < -0.3 is 9.84 Å². The number of Topliss-reactive ketones (excluding diaryl/α,β-unsaturated/α-hetero) is 1. The molecule has 0 saturated carbocycles. The molecule has 1 spiro atoms. The average Bonchev–Trinajstić information content (AvgIpc) is 2.65. The molecule has 2 aliphatic heterocycles. The zero-order valence-electron chi connectivity index (χ0n) is 9.07. The Morgan fingerprint density at radius 3 is 3.07 bits per heavy atom. The zero-order chi connectivity index (χ0) is 10.9. The molecule has 2 aliphatic rings. The normalized spacial score (nSPS) is 38.1. The van der Waals surface area contributed by atoms with Crippen molar-refractivity contribution < 1.29 is 14.6 Å². The van der Waals surface area contributed by atoms with Crippen molar-refractivity contribution >= 4 is 17.5 Å². The Balaban J connectivity index is 2.00. The van der Waals surface area contributed by atoms with E-state index in [4.69, 9.17) is 4.74 Å². The number of rotatable bonds is 2. The van der Waals surface area contributed by atoms with E-state index in [9.17, 15) is 9.90 Å². The molecule has 0 radical (unpaired) electrons. The molecule has 2 rings (SSSR count). The first-order valence-electron chi connectivity index (χ1n) is 5.56. The summed E-state index contributed by atoms with van der Waals surface area (Å²) in [4.78, 5) is 11.7. The molecule has 0 bridgehead atoms. The molecule has 3 atom stereocenters. The summed E-state index contributed by atoms with van der Waals surface area (Å²) in [5.41, 5.74) is -0.0574. The predicted molar refractivity (Wildman–Crippen MR) is 60.0 cm³/mol. The number of hydrogen-bond acceptors (Lipinski definition) is 4. The van der Waals surface area contributed by atoms with E-state index < -0.39 is 6.10 Å². The third kappa shape index (κ3) is 2.37. The van der Waals surface area contributed by atoms with Crippen LogP contribution in [0.25, 0.3) is 0 Å². The largest absolute Gasteiger partial charge is 0.386 e. The highest BCUT2D eigenvalue weighted by Crippen LogP contribution is 2.40. The molecule has 2 heterocycles. The molecule has 1 N–H and O–H groups in total. The number of hydrogen-bond donors (Lipinski definition) is 1. The lowest BCUT2D eigenvalue weighted by Gasteiger charge is -2.37. The molecule has 0 aromatic heterocycles. The van der Waals surface area contributed by atoms with E-state index >= 15 is 0 Å². The Hall–Kier alpha value is -0.0600. The number of thioether (sulfide) groups is 1. The molecule has 3 unspecified atom stereocenters. The van der Waals surface area contributed by atoms with E-state index in [0.717, 1.165) is 30.8 Å². The summed E-state index contributed by atoms with van der Waals surface area (Å²) in [6, 6.07) is 0. The monoisotopic (exact) mass is 230 g/mol. The fourth-order valence-corrected chi connectivity index (χ4v) is 3.85. The van der Waals surface area contributed by atoms with Crippen LogP contribution in [-0.4, -0.2) is 40.7 Å². The minimum atomic E-state index is -0.820. The van der Waals surface area contributed by atoms with Crippen LogP contribution in [-0.2, 0) is 9.53 Å². The summed E-state index contributed by atoms with van der Waals surface area (Å²) >= 11 is 1.90. The van der Waals surface area contributed by atoms with Crippen LogP contribution in [0.15, 0.2) is 0 Å². The lowest BCUT2D eigenvalue weighted by atomic mass is 9.82. The van der Waals surface area contributed by atoms with E-state index in [1.165, 1.54) is 0 Å². The van der Waals surface area contributed by atoms with Gasteiger partial charge >= 0.3 is 0 Å². The molecule has 86 valence electrons. The quantitative estimate of drug-likeness (QED) is 0.775. The van der Waals surface area contributed by atoms with Crippen LogP contribution in [0.2, 0.25) is 0 Å². The van der Waals surface area contributed by atoms with Crippen LogP contribution in [0.5, 0.6) is 0 Å². The van der Waals surface area contributed by atoms with Gasteiger partial charge in [-0.2, -0.15) is 11.8 Å². The molecule has 0 amide bonds. The maximum Gasteiger partial charge on any atom is 0.164 e. The molecule has 2 fully saturated rings. The van der Waals surface area contributed by atoms with Crippen molar-refractivity contribution in [3.63, 3.8) is 0 Å². The molecule has 0 aliphatic carbocycles. The second kappa shape index (κ2) is 4.44. The Morgan fingerprint density at radius 2 is 2.47 bits per heavy atom. The van der Waals surface area contributed by atoms with Gasteiger partial charge in [0.05, 0.1) is 5.60 Å². The topological polar surface area (TPSA) is 46.5 Å². The van der Waals surface area contributed by atoms with Crippen LogP contribution in [0.3, 0.4) is 0 Å². The van der Waals surface area contributed by atoms with Crippen molar-refractivity contribution in [3.05, 3.63) is 0 Å². The Bertz CT molecular complexity index is 246. The summed E-state index contributed by atoms with van der Waals surface area (Å²) in [5, 5.41) is 9.31. The van der Waals surface area contributed by atoms with E-state index in [0.29, 0.717) is 6.61 Å². The van der Waals surface area contributed by atoms with Crippen molar-refractivity contribution in [2.24, 2.45) is 5.92 Å². The fourth-order valence-electron chi connectivity index (χ4n) is 2.48. The number of aliphatic hydroxyl groups excluding tert-OH is 1. The number of ketones is 1. The van der Waals surface area contributed by atoms with Crippen LogP contribution in [0, 0.1) is 5.92 Å². The fraction of sp³-hybridized carbons (Fsp3) is 0.909. The van der Waals surface area contributed by atoms with Gasteiger partial charge in [-0.3, -0.25) is 4.79 Å². The van der Waals surface area contributed by atoms with Gasteiger partial charge in [0.15, 0.2) is 5.78 Å². The Kier molecular flexibility index (Phi) is 3.38. The van der Waals surface area contributed by atoms with E-state index in [2.05, 4.69) is 0 Å². The van der Waals surface area contributed by atoms with Crippen molar-refractivity contribution in [3.8, 4) is 0 Å². The lowest BCUT2D eigenvalue weighted by molar-refractivity contribution is -0.141. The number of carbonyl (C=O) groups is 1. The van der Waals surface area contributed by atoms with Gasteiger partial charge in [0.2, 0.25) is 0 Å². The second-order valence-corrected chi connectivity index (χ2v) is 5.71. The SMILES string of the molecule is CC(O)C(=O)C1CCOC2(CCSC2)C1. The summed E-state index contributed by atoms with van der Waals surface area (Å²) in [6.45, 7) is 2.23. The summed E-state index contributed by atoms with van der Waals surface area (Å²) in [7, 11) is 0. The first-order valence-corrected chi connectivity index (χ1v) is 6.72. The minimum Gasteiger partial charge on any atom is -0.386 e. The predicted octanol–water partition coefficient (Wildman–Crippen LogP) is 1.24. The van der Waals surface area contributed by atoms with Crippen molar-refractivity contribution in [1.82, 2.24) is 0 Å². The number of carbonyl (C=O) groups excluding carboxylic acids is 1. The Labute approximate surface area is 94.6 Å². The molecular formula is C11H18O3S. The molecule has 2 saturated heterocycles. The summed E-state index contributed by atoms with van der Waals surface area (Å²) < 4.78 is 5.83. The molecular weight excluding hydrogens is 212 g/mol. The molecule has 4 heteroatoms. The van der Waals surface area contributed by atoms with Crippen LogP contribution in [0.4, 0.5) is 0 Å². The maximum atomic E-state index is 11.7. The number of ether oxygens (including phenoxy) is 1. The smallest absolute Gasteiger partial charge is 0.164 e. The standard InChI is InChI=1S/C11H18O3S/c1-8(12)10(13)9-2-4-14-11(6-9)3-5-15-7-11/h8-9,12H,2-7H2,1H3. The highest BCUT2D eigenvalue weighted by atomic mass is 32.2.